The van der Waals surface area contributed by atoms with Crippen molar-refractivity contribution in [2.75, 3.05) is 9.80 Å². The van der Waals surface area contributed by atoms with Crippen LogP contribution in [0, 0.1) is 0 Å². The lowest BCUT2D eigenvalue weighted by molar-refractivity contribution is 0.623. The highest BCUT2D eigenvalue weighted by Crippen LogP contribution is 2.44. The minimum atomic E-state index is 0.609. The van der Waals surface area contributed by atoms with Crippen molar-refractivity contribution in [1.29, 1.82) is 0 Å². The summed E-state index contributed by atoms with van der Waals surface area (Å²) in [6.45, 7) is 0. The molecule has 1 heterocycles. The molecule has 0 unspecified atom stereocenters. The van der Waals surface area contributed by atoms with E-state index in [0.717, 1.165) is 77.7 Å². The molecule has 0 saturated carbocycles. The Labute approximate surface area is 307 Å². The standard InChI is InChI=1S/C49H33N3O/c1-5-17-37(18-6-1)51(38-19-7-2-8-20-38)41-27-29-43-45(32-41)46-33-42(52(39-21-9-3-10-22-39)40-23-11-4-12-24-40)28-30-44(46)48-47(43)50-49(53-48)36-26-25-34-15-13-14-16-35(34)31-36/h1-33H. The quantitative estimate of drug-likeness (QED) is 0.157. The van der Waals surface area contributed by atoms with E-state index in [1.165, 1.54) is 5.39 Å². The number of anilines is 6. The first-order valence-electron chi connectivity index (χ1n) is 17.9. The van der Waals surface area contributed by atoms with Crippen LogP contribution in [0.1, 0.15) is 0 Å². The molecule has 4 heteroatoms. The number of nitrogens with zero attached hydrogens (tertiary/aromatic N) is 3. The Morgan fingerprint density at radius 2 is 0.792 bits per heavy atom. The van der Waals surface area contributed by atoms with Crippen LogP contribution in [0.2, 0.25) is 0 Å². The molecule has 0 bridgehead atoms. The molecule has 53 heavy (non-hydrogen) atoms. The fourth-order valence-electron chi connectivity index (χ4n) is 7.53. The summed E-state index contributed by atoms with van der Waals surface area (Å²) >= 11 is 0. The van der Waals surface area contributed by atoms with Crippen molar-refractivity contribution in [3.05, 3.63) is 200 Å². The van der Waals surface area contributed by atoms with Gasteiger partial charge in [0.15, 0.2) is 5.58 Å². The molecule has 0 radical (unpaired) electrons. The van der Waals surface area contributed by atoms with E-state index in [0.29, 0.717) is 5.89 Å². The van der Waals surface area contributed by atoms with Gasteiger partial charge in [0.25, 0.3) is 0 Å². The van der Waals surface area contributed by atoms with Crippen molar-refractivity contribution in [1.82, 2.24) is 4.98 Å². The first kappa shape index (κ1) is 30.6. The summed E-state index contributed by atoms with van der Waals surface area (Å²) in [4.78, 5) is 9.84. The largest absolute Gasteiger partial charge is 0.435 e. The van der Waals surface area contributed by atoms with E-state index >= 15 is 0 Å². The molecule has 250 valence electrons. The third-order valence-electron chi connectivity index (χ3n) is 9.99. The highest BCUT2D eigenvalue weighted by atomic mass is 16.3. The molecule has 9 aromatic carbocycles. The van der Waals surface area contributed by atoms with Crippen LogP contribution in [-0.4, -0.2) is 4.98 Å². The molecule has 1 aromatic heterocycles. The average Bonchev–Trinajstić information content (AvgIpc) is 3.69. The lowest BCUT2D eigenvalue weighted by atomic mass is 9.98. The average molecular weight is 680 g/mol. The van der Waals surface area contributed by atoms with E-state index in [1.807, 2.05) is 0 Å². The summed E-state index contributed by atoms with van der Waals surface area (Å²) in [5.74, 6) is 0.609. The number of hydrogen-bond donors (Lipinski definition) is 0. The number of aromatic nitrogens is 1. The third kappa shape index (κ3) is 5.45. The Balaban J connectivity index is 1.25. The molecule has 0 atom stereocenters. The van der Waals surface area contributed by atoms with E-state index in [1.54, 1.807) is 0 Å². The first-order chi connectivity index (χ1) is 26.3. The Kier molecular flexibility index (Phi) is 7.43. The first-order valence-corrected chi connectivity index (χ1v) is 17.9. The second-order valence-corrected chi connectivity index (χ2v) is 13.2. The van der Waals surface area contributed by atoms with Gasteiger partial charge in [-0.3, -0.25) is 0 Å². The van der Waals surface area contributed by atoms with Gasteiger partial charge in [0.1, 0.15) is 5.52 Å². The minimum Gasteiger partial charge on any atom is -0.435 e. The highest BCUT2D eigenvalue weighted by Gasteiger charge is 2.21. The highest BCUT2D eigenvalue weighted by molar-refractivity contribution is 6.24. The lowest BCUT2D eigenvalue weighted by Gasteiger charge is -2.27. The van der Waals surface area contributed by atoms with Gasteiger partial charge in [-0.25, -0.2) is 4.98 Å². The van der Waals surface area contributed by atoms with E-state index in [9.17, 15) is 0 Å². The number of oxazole rings is 1. The molecule has 0 amide bonds. The molecule has 0 saturated heterocycles. The van der Waals surface area contributed by atoms with Gasteiger partial charge in [-0.15, -0.1) is 0 Å². The smallest absolute Gasteiger partial charge is 0.227 e. The predicted molar refractivity (Wildman–Crippen MR) is 221 cm³/mol. The van der Waals surface area contributed by atoms with E-state index < -0.39 is 0 Å². The Morgan fingerprint density at radius 1 is 0.340 bits per heavy atom. The molecule has 0 aliphatic carbocycles. The Hall–Kier alpha value is -7.17. The van der Waals surface area contributed by atoms with E-state index in [-0.39, 0.29) is 0 Å². The zero-order valence-electron chi connectivity index (χ0n) is 28.8. The van der Waals surface area contributed by atoms with Crippen LogP contribution in [0.15, 0.2) is 205 Å². The van der Waals surface area contributed by atoms with Crippen LogP contribution in [0.3, 0.4) is 0 Å². The van der Waals surface area contributed by atoms with E-state index in [4.69, 9.17) is 9.40 Å². The van der Waals surface area contributed by atoms with Crippen LogP contribution in [-0.2, 0) is 0 Å². The fraction of sp³-hybridized carbons (Fsp3) is 0. The Bertz CT molecular complexity index is 2650. The number of para-hydroxylation sites is 4. The van der Waals surface area contributed by atoms with Gasteiger partial charge in [-0.1, -0.05) is 103 Å². The van der Waals surface area contributed by atoms with Gasteiger partial charge in [0.2, 0.25) is 5.89 Å². The molecule has 4 nitrogen and oxygen atoms in total. The zero-order valence-corrected chi connectivity index (χ0v) is 28.8. The summed E-state index contributed by atoms with van der Waals surface area (Å²) in [5.41, 5.74) is 9.04. The van der Waals surface area contributed by atoms with Crippen molar-refractivity contribution in [3.63, 3.8) is 0 Å². The monoisotopic (exact) mass is 679 g/mol. The summed E-state index contributed by atoms with van der Waals surface area (Å²) in [5, 5.41) is 6.58. The Morgan fingerprint density at radius 3 is 1.32 bits per heavy atom. The maximum Gasteiger partial charge on any atom is 0.227 e. The molecule has 10 rings (SSSR count). The van der Waals surface area contributed by atoms with Gasteiger partial charge in [-0.05, 0) is 119 Å². The predicted octanol–water partition coefficient (Wildman–Crippen LogP) is 13.9. The lowest BCUT2D eigenvalue weighted by Crippen LogP contribution is -2.10. The van der Waals surface area contributed by atoms with E-state index in [2.05, 4.69) is 210 Å². The van der Waals surface area contributed by atoms with Crippen molar-refractivity contribution in [2.24, 2.45) is 0 Å². The second kappa shape index (κ2) is 12.9. The van der Waals surface area contributed by atoms with Gasteiger partial charge >= 0.3 is 0 Å². The summed E-state index contributed by atoms with van der Waals surface area (Å²) in [7, 11) is 0. The summed E-state index contributed by atoms with van der Waals surface area (Å²) in [6.07, 6.45) is 0. The number of hydrogen-bond acceptors (Lipinski definition) is 4. The van der Waals surface area contributed by atoms with Gasteiger partial charge in [0, 0.05) is 50.5 Å². The maximum atomic E-state index is 6.78. The molecule has 10 aromatic rings. The number of rotatable bonds is 7. The second-order valence-electron chi connectivity index (χ2n) is 13.2. The molecule has 0 N–H and O–H groups in total. The molecular formula is C49H33N3O. The third-order valence-corrected chi connectivity index (χ3v) is 9.99. The topological polar surface area (TPSA) is 32.5 Å². The maximum absolute atomic E-state index is 6.78. The molecular weight excluding hydrogens is 647 g/mol. The summed E-state index contributed by atoms with van der Waals surface area (Å²) < 4.78 is 6.78. The zero-order chi connectivity index (χ0) is 35.1. The molecule has 0 aliphatic heterocycles. The number of benzene rings is 9. The van der Waals surface area contributed by atoms with Crippen LogP contribution < -0.4 is 9.80 Å². The van der Waals surface area contributed by atoms with Crippen LogP contribution >= 0.6 is 0 Å². The van der Waals surface area contributed by atoms with Crippen molar-refractivity contribution < 1.29 is 4.42 Å². The van der Waals surface area contributed by atoms with Crippen molar-refractivity contribution in [2.45, 2.75) is 0 Å². The van der Waals surface area contributed by atoms with Gasteiger partial charge < -0.3 is 14.2 Å². The van der Waals surface area contributed by atoms with Crippen molar-refractivity contribution in [3.8, 4) is 11.5 Å². The van der Waals surface area contributed by atoms with Gasteiger partial charge in [-0.2, -0.15) is 0 Å². The number of fused-ring (bicyclic) bond motifs is 7. The molecule has 0 aliphatic rings. The van der Waals surface area contributed by atoms with Crippen LogP contribution in [0.5, 0.6) is 0 Å². The van der Waals surface area contributed by atoms with Gasteiger partial charge in [0.05, 0.1) is 0 Å². The molecule has 0 spiro atoms. The molecule has 0 fully saturated rings. The van der Waals surface area contributed by atoms with Crippen molar-refractivity contribution >= 4 is 77.5 Å². The van der Waals surface area contributed by atoms with Crippen LogP contribution in [0.4, 0.5) is 34.1 Å². The van der Waals surface area contributed by atoms with Crippen LogP contribution in [0.25, 0.3) is 54.9 Å². The summed E-state index contributed by atoms with van der Waals surface area (Å²) in [6, 6.07) is 70.3. The minimum absolute atomic E-state index is 0.609. The normalized spacial score (nSPS) is 11.4. The SMILES string of the molecule is c1ccc(N(c2ccccc2)c2ccc3c(c2)c2cc(N(c4ccccc4)c4ccccc4)ccc2c2oc(-c4ccc5ccccc5c4)nc32)cc1. The fourth-order valence-corrected chi connectivity index (χ4v) is 7.53.